The van der Waals surface area contributed by atoms with Crippen LogP contribution in [0, 0.1) is 5.41 Å². The lowest BCUT2D eigenvalue weighted by Gasteiger charge is -2.21. The zero-order valence-electron chi connectivity index (χ0n) is 10.9. The maximum atomic E-state index is 12.6. The van der Waals surface area contributed by atoms with Crippen molar-refractivity contribution in [2.75, 3.05) is 6.61 Å². The third-order valence-corrected chi connectivity index (χ3v) is 3.25. The van der Waals surface area contributed by atoms with Gasteiger partial charge in [0, 0.05) is 0 Å². The van der Waals surface area contributed by atoms with E-state index in [1.165, 1.54) is 19.3 Å². The number of amides is 1. The molecule has 1 N–H and O–H groups in total. The van der Waals surface area contributed by atoms with E-state index in [1.54, 1.807) is 6.92 Å². The normalized spacial score (nSPS) is 12.7. The summed E-state index contributed by atoms with van der Waals surface area (Å²) in [5.41, 5.74) is 0.485. The van der Waals surface area contributed by atoms with Crippen LogP contribution in [0.2, 0.25) is 0 Å². The number of carbonyl (C=O) groups excluding carboxylic acids is 2. The first-order valence-electron chi connectivity index (χ1n) is 5.31. The van der Waals surface area contributed by atoms with Gasteiger partial charge in [-0.2, -0.15) is 8.78 Å². The standard InChI is InChI=1S/C9H15F2NO7S/c1-4-8(2,3)6(13)19-12-7(14)18-5-9(10,11)20(15,16)17/h4-5H2,1-3H3,(H,12,14)(H,15,16,17)/p-1. The average molecular weight is 318 g/mol. The van der Waals surface area contributed by atoms with Gasteiger partial charge in [0.05, 0.1) is 5.41 Å². The third-order valence-electron chi connectivity index (χ3n) is 2.40. The van der Waals surface area contributed by atoms with Gasteiger partial charge in [-0.3, -0.25) is 0 Å². The predicted molar refractivity (Wildman–Crippen MR) is 59.3 cm³/mol. The number of halogens is 2. The minimum atomic E-state index is -5.95. The Kier molecular flexibility index (Phi) is 5.84. The van der Waals surface area contributed by atoms with Crippen molar-refractivity contribution in [3.8, 4) is 0 Å². The van der Waals surface area contributed by atoms with Gasteiger partial charge in [-0.05, 0) is 20.3 Å². The molecule has 0 aliphatic carbocycles. The molecule has 0 aliphatic rings. The van der Waals surface area contributed by atoms with Crippen LogP contribution in [0.5, 0.6) is 0 Å². The van der Waals surface area contributed by atoms with Crippen LogP contribution in [-0.4, -0.2) is 36.9 Å². The van der Waals surface area contributed by atoms with Gasteiger partial charge in [-0.1, -0.05) is 6.92 Å². The largest absolute Gasteiger partial charge is 0.743 e. The topological polar surface area (TPSA) is 122 Å². The molecular formula is C9H14F2NO7S-. The number of alkyl halides is 2. The zero-order valence-corrected chi connectivity index (χ0v) is 11.8. The van der Waals surface area contributed by atoms with Crippen molar-refractivity contribution in [2.24, 2.45) is 5.41 Å². The van der Waals surface area contributed by atoms with Crippen molar-refractivity contribution in [1.82, 2.24) is 5.48 Å². The van der Waals surface area contributed by atoms with E-state index in [-0.39, 0.29) is 0 Å². The van der Waals surface area contributed by atoms with Crippen LogP contribution in [0.15, 0.2) is 0 Å². The van der Waals surface area contributed by atoms with E-state index in [4.69, 9.17) is 0 Å². The van der Waals surface area contributed by atoms with Crippen molar-refractivity contribution in [1.29, 1.82) is 0 Å². The second-order valence-electron chi connectivity index (χ2n) is 4.40. The van der Waals surface area contributed by atoms with Crippen molar-refractivity contribution >= 4 is 22.2 Å². The number of hydroxylamine groups is 1. The van der Waals surface area contributed by atoms with Gasteiger partial charge in [-0.15, -0.1) is 5.48 Å². The van der Waals surface area contributed by atoms with E-state index >= 15 is 0 Å². The average Bonchev–Trinajstić information content (AvgIpc) is 2.31. The van der Waals surface area contributed by atoms with Gasteiger partial charge >= 0.3 is 17.3 Å². The molecule has 0 radical (unpaired) electrons. The maximum Gasteiger partial charge on any atom is 0.440 e. The van der Waals surface area contributed by atoms with E-state index in [2.05, 4.69) is 9.57 Å². The van der Waals surface area contributed by atoms with Gasteiger partial charge in [0.25, 0.3) is 0 Å². The summed E-state index contributed by atoms with van der Waals surface area (Å²) in [6.07, 6.45) is -1.25. The molecule has 0 heterocycles. The SMILES string of the molecule is CCC(C)(C)C(=O)ONC(=O)OCC(F)(F)S(=O)(=O)[O-]. The first-order chi connectivity index (χ1) is 8.83. The highest BCUT2D eigenvalue weighted by molar-refractivity contribution is 7.86. The monoisotopic (exact) mass is 318 g/mol. The molecule has 0 rings (SSSR count). The van der Waals surface area contributed by atoms with E-state index in [0.717, 1.165) is 0 Å². The van der Waals surface area contributed by atoms with Crippen LogP contribution in [-0.2, 0) is 24.5 Å². The Morgan fingerprint density at radius 3 is 2.20 bits per heavy atom. The zero-order chi connectivity index (χ0) is 16.2. The molecular weight excluding hydrogens is 304 g/mol. The van der Waals surface area contributed by atoms with Gasteiger partial charge in [0.2, 0.25) is 0 Å². The molecule has 0 unspecified atom stereocenters. The molecule has 0 bridgehead atoms. The highest BCUT2D eigenvalue weighted by atomic mass is 32.2. The summed E-state index contributed by atoms with van der Waals surface area (Å²) in [6, 6.07) is 0. The summed E-state index contributed by atoms with van der Waals surface area (Å²) in [5.74, 6) is -0.847. The minimum Gasteiger partial charge on any atom is -0.743 e. The minimum absolute atomic E-state index is 0.384. The fourth-order valence-electron chi connectivity index (χ4n) is 0.622. The van der Waals surface area contributed by atoms with Crippen LogP contribution in [0.25, 0.3) is 0 Å². The molecule has 20 heavy (non-hydrogen) atoms. The van der Waals surface area contributed by atoms with Crippen molar-refractivity contribution < 1.29 is 40.9 Å². The fourth-order valence-corrected chi connectivity index (χ4v) is 0.825. The maximum absolute atomic E-state index is 12.6. The highest BCUT2D eigenvalue weighted by Gasteiger charge is 2.39. The van der Waals surface area contributed by atoms with Gasteiger partial charge in [0.1, 0.15) is 0 Å². The van der Waals surface area contributed by atoms with Crippen LogP contribution in [0.1, 0.15) is 27.2 Å². The summed E-state index contributed by atoms with van der Waals surface area (Å²) in [4.78, 5) is 26.5. The van der Waals surface area contributed by atoms with E-state index in [1.807, 2.05) is 0 Å². The van der Waals surface area contributed by atoms with Crippen molar-refractivity contribution in [3.63, 3.8) is 0 Å². The molecule has 0 aromatic heterocycles. The Balaban J connectivity index is 4.32. The van der Waals surface area contributed by atoms with Gasteiger partial charge < -0.3 is 14.1 Å². The van der Waals surface area contributed by atoms with Crippen molar-refractivity contribution in [3.05, 3.63) is 0 Å². The number of hydrogen-bond donors (Lipinski definition) is 1. The highest BCUT2D eigenvalue weighted by Crippen LogP contribution is 2.21. The lowest BCUT2D eigenvalue weighted by molar-refractivity contribution is -0.160. The Bertz CT molecular complexity index is 475. The molecule has 1 amide bonds. The lowest BCUT2D eigenvalue weighted by Crippen LogP contribution is -2.39. The summed E-state index contributed by atoms with van der Waals surface area (Å²) >= 11 is 0. The molecule has 0 atom stereocenters. The van der Waals surface area contributed by atoms with Crippen LogP contribution in [0.4, 0.5) is 13.6 Å². The second kappa shape index (κ2) is 6.31. The van der Waals surface area contributed by atoms with Gasteiger partial charge in [-0.25, -0.2) is 18.0 Å². The number of rotatable bonds is 5. The molecule has 11 heteroatoms. The van der Waals surface area contributed by atoms with Crippen molar-refractivity contribution in [2.45, 2.75) is 32.4 Å². The van der Waals surface area contributed by atoms with E-state index < -0.39 is 39.5 Å². The molecule has 118 valence electrons. The molecule has 0 aromatic rings. The molecule has 0 spiro atoms. The molecule has 0 saturated heterocycles. The third kappa shape index (κ3) is 5.25. The van der Waals surface area contributed by atoms with Crippen LogP contribution < -0.4 is 5.48 Å². The quantitative estimate of drug-likeness (QED) is 0.586. The summed E-state index contributed by atoms with van der Waals surface area (Å²) in [7, 11) is -5.95. The first kappa shape index (κ1) is 18.5. The Labute approximate surface area is 114 Å². The predicted octanol–water partition coefficient (Wildman–Crippen LogP) is 0.745. The molecule has 0 aliphatic heterocycles. The smallest absolute Gasteiger partial charge is 0.440 e. The molecule has 0 aromatic carbocycles. The molecule has 0 fully saturated rings. The Morgan fingerprint density at radius 2 is 1.80 bits per heavy atom. The number of nitrogens with one attached hydrogen (secondary N) is 1. The summed E-state index contributed by atoms with van der Waals surface area (Å²) < 4.78 is 59.3. The Hall–Kier alpha value is -1.49. The van der Waals surface area contributed by atoms with E-state index in [9.17, 15) is 31.3 Å². The number of ether oxygens (including phenoxy) is 1. The Morgan fingerprint density at radius 1 is 1.30 bits per heavy atom. The van der Waals surface area contributed by atoms with Crippen LogP contribution in [0.3, 0.4) is 0 Å². The van der Waals surface area contributed by atoms with Gasteiger partial charge in [0.15, 0.2) is 16.7 Å². The second-order valence-corrected chi connectivity index (χ2v) is 5.90. The summed E-state index contributed by atoms with van der Waals surface area (Å²) in [5, 5.41) is -4.77. The van der Waals surface area contributed by atoms with Crippen LogP contribution >= 0.6 is 0 Å². The first-order valence-corrected chi connectivity index (χ1v) is 6.71. The number of carbonyl (C=O) groups is 2. The molecule has 8 nitrogen and oxygen atoms in total. The number of hydrogen-bond acceptors (Lipinski definition) is 7. The van der Waals surface area contributed by atoms with E-state index in [0.29, 0.717) is 6.42 Å². The molecule has 0 saturated carbocycles. The lowest BCUT2D eigenvalue weighted by atomic mass is 9.91. The fraction of sp³-hybridized carbons (Fsp3) is 0.778. The summed E-state index contributed by atoms with van der Waals surface area (Å²) in [6.45, 7) is 2.72.